The molecule has 1 amide bonds. The molecule has 1 saturated heterocycles. The van der Waals surface area contributed by atoms with Crippen LogP contribution in [0.3, 0.4) is 0 Å². The fourth-order valence-corrected chi connectivity index (χ4v) is 6.87. The minimum atomic E-state index is -0.236. The predicted octanol–water partition coefficient (Wildman–Crippen LogP) is 2.16. The highest BCUT2D eigenvalue weighted by Crippen LogP contribution is 2.63. The summed E-state index contributed by atoms with van der Waals surface area (Å²) < 4.78 is 11.7. The average molecular weight is 437 g/mol. The summed E-state index contributed by atoms with van der Waals surface area (Å²) in [5.74, 6) is 1.65. The number of rotatable bonds is 4. The number of carbonyl (C=O) groups is 1. The number of nitrogens with one attached hydrogen (secondary N) is 2. The minimum Gasteiger partial charge on any atom is -0.504 e. The van der Waals surface area contributed by atoms with E-state index >= 15 is 0 Å². The number of piperidine rings is 1. The number of hydrogen-bond donors (Lipinski definition) is 4. The molecule has 0 radical (unpaired) electrons. The van der Waals surface area contributed by atoms with Crippen LogP contribution in [-0.2, 0) is 23.1 Å². The quantitative estimate of drug-likeness (QED) is 0.548. The fraction of sp³-hybridized carbons (Fsp3) is 0.480. The molecule has 6 rings (SSSR count). The van der Waals surface area contributed by atoms with Gasteiger partial charge in [-0.05, 0) is 55.8 Å². The zero-order valence-corrected chi connectivity index (χ0v) is 18.1. The molecule has 2 aromatic carbocycles. The lowest BCUT2D eigenvalue weighted by molar-refractivity contribution is -0.123. The summed E-state index contributed by atoms with van der Waals surface area (Å²) in [6.07, 6.45) is 3.54. The van der Waals surface area contributed by atoms with E-state index in [4.69, 9.17) is 9.47 Å². The molecule has 1 spiro atoms. The van der Waals surface area contributed by atoms with E-state index in [1.54, 1.807) is 13.2 Å². The maximum absolute atomic E-state index is 12.9. The monoisotopic (exact) mass is 436 g/mol. The first-order valence-corrected chi connectivity index (χ1v) is 11.4. The normalized spacial score (nSPS) is 31.4. The second-order valence-electron chi connectivity index (χ2n) is 9.57. The molecule has 2 bridgehead atoms. The Morgan fingerprint density at radius 1 is 1.28 bits per heavy atom. The van der Waals surface area contributed by atoms with Gasteiger partial charge in [-0.15, -0.1) is 0 Å². The van der Waals surface area contributed by atoms with E-state index in [2.05, 4.69) is 10.6 Å². The van der Waals surface area contributed by atoms with Crippen LogP contribution < -0.4 is 20.1 Å². The van der Waals surface area contributed by atoms with Crippen molar-refractivity contribution in [2.24, 2.45) is 5.92 Å². The molecule has 2 aromatic rings. The SMILES string of the molecule is COc1ccc(CC(=O)N[C@@H]2CC[C@H]3[C@H]4Cc5c(O)c(O)cc6c5[C@@]3(CCN4)[C@H]2O6)cc1. The first-order valence-electron chi connectivity index (χ1n) is 11.4. The van der Waals surface area contributed by atoms with E-state index in [1.807, 2.05) is 24.3 Å². The topological polar surface area (TPSA) is 100 Å². The molecule has 168 valence electrons. The van der Waals surface area contributed by atoms with Crippen LogP contribution in [-0.4, -0.2) is 48.0 Å². The molecular weight excluding hydrogens is 408 g/mol. The third-order valence-electron chi connectivity index (χ3n) is 8.11. The summed E-state index contributed by atoms with van der Waals surface area (Å²) >= 11 is 0. The van der Waals surface area contributed by atoms with Gasteiger partial charge in [0.05, 0.1) is 19.6 Å². The summed E-state index contributed by atoms with van der Waals surface area (Å²) in [5.41, 5.74) is 2.57. The highest BCUT2D eigenvalue weighted by Gasteiger charge is 2.64. The van der Waals surface area contributed by atoms with Crippen LogP contribution in [0.5, 0.6) is 23.0 Å². The molecule has 7 nitrogen and oxygen atoms in total. The third kappa shape index (κ3) is 2.67. The van der Waals surface area contributed by atoms with Gasteiger partial charge in [0.2, 0.25) is 5.91 Å². The zero-order chi connectivity index (χ0) is 22.0. The second kappa shape index (κ2) is 7.04. The molecule has 5 atom stereocenters. The van der Waals surface area contributed by atoms with Crippen LogP contribution in [0.1, 0.15) is 36.0 Å². The molecule has 32 heavy (non-hydrogen) atoms. The number of phenolic OH excluding ortho intramolecular Hbond substituents is 2. The Kier molecular flexibility index (Phi) is 4.34. The number of ether oxygens (including phenoxy) is 2. The number of aromatic hydroxyl groups is 2. The molecule has 0 aromatic heterocycles. The van der Waals surface area contributed by atoms with Crippen molar-refractivity contribution < 1.29 is 24.5 Å². The molecule has 1 saturated carbocycles. The van der Waals surface area contributed by atoms with Crippen LogP contribution >= 0.6 is 0 Å². The van der Waals surface area contributed by atoms with Gasteiger partial charge in [0.15, 0.2) is 11.5 Å². The molecule has 4 aliphatic rings. The highest BCUT2D eigenvalue weighted by molar-refractivity contribution is 5.79. The van der Waals surface area contributed by atoms with Crippen molar-refractivity contribution in [2.45, 2.75) is 55.7 Å². The predicted molar refractivity (Wildman–Crippen MR) is 117 cm³/mol. The maximum atomic E-state index is 12.9. The summed E-state index contributed by atoms with van der Waals surface area (Å²) in [6.45, 7) is 0.883. The number of hydrogen-bond acceptors (Lipinski definition) is 6. The summed E-state index contributed by atoms with van der Waals surface area (Å²) in [4.78, 5) is 12.9. The standard InChI is InChI=1S/C25H28N2O5/c1-31-14-4-2-13(3-5-14)10-21(29)27-17-7-6-16-18-11-15-22-20(12-19(28)23(15)30)32-24(17)25(16,22)8-9-26-18/h2-5,12,16-18,24,26,28,30H,6-11H2,1H3,(H,27,29)/t16-,17+,18+,24-,25-/m0/s1. The van der Waals surface area contributed by atoms with E-state index in [0.29, 0.717) is 24.5 Å². The van der Waals surface area contributed by atoms with Gasteiger partial charge in [0.1, 0.15) is 17.6 Å². The van der Waals surface area contributed by atoms with Gasteiger partial charge >= 0.3 is 0 Å². The lowest BCUT2D eigenvalue weighted by Crippen LogP contribution is -2.68. The molecule has 2 aliphatic heterocycles. The van der Waals surface area contributed by atoms with Crippen molar-refractivity contribution >= 4 is 5.91 Å². The van der Waals surface area contributed by atoms with Crippen molar-refractivity contribution in [3.05, 3.63) is 47.0 Å². The molecule has 2 heterocycles. The Bertz CT molecular complexity index is 1080. The number of methoxy groups -OCH3 is 1. The van der Waals surface area contributed by atoms with E-state index in [0.717, 1.165) is 48.2 Å². The molecule has 7 heteroatoms. The van der Waals surface area contributed by atoms with E-state index < -0.39 is 0 Å². The lowest BCUT2D eigenvalue weighted by Gasteiger charge is -2.56. The van der Waals surface area contributed by atoms with Gasteiger partial charge in [-0.3, -0.25) is 4.79 Å². The Morgan fingerprint density at radius 3 is 2.88 bits per heavy atom. The number of benzene rings is 2. The highest BCUT2D eigenvalue weighted by atomic mass is 16.5. The van der Waals surface area contributed by atoms with Crippen LogP contribution in [0, 0.1) is 5.92 Å². The zero-order valence-electron chi connectivity index (χ0n) is 18.1. The number of phenols is 2. The van der Waals surface area contributed by atoms with Gasteiger partial charge in [-0.1, -0.05) is 12.1 Å². The summed E-state index contributed by atoms with van der Waals surface area (Å²) in [7, 11) is 1.62. The van der Waals surface area contributed by atoms with Gasteiger partial charge in [0, 0.05) is 28.7 Å². The van der Waals surface area contributed by atoms with Crippen molar-refractivity contribution in [1.29, 1.82) is 0 Å². The largest absolute Gasteiger partial charge is 0.504 e. The molecule has 0 unspecified atom stereocenters. The number of carbonyl (C=O) groups excluding carboxylic acids is 1. The second-order valence-corrected chi connectivity index (χ2v) is 9.57. The van der Waals surface area contributed by atoms with Crippen LogP contribution in [0.25, 0.3) is 0 Å². The van der Waals surface area contributed by atoms with Gasteiger partial charge in [-0.2, -0.15) is 0 Å². The van der Waals surface area contributed by atoms with Crippen molar-refractivity contribution in [1.82, 2.24) is 10.6 Å². The van der Waals surface area contributed by atoms with E-state index in [1.165, 1.54) is 0 Å². The maximum Gasteiger partial charge on any atom is 0.224 e. The van der Waals surface area contributed by atoms with Gasteiger partial charge in [-0.25, -0.2) is 0 Å². The third-order valence-corrected chi connectivity index (χ3v) is 8.11. The lowest BCUT2D eigenvalue weighted by atomic mass is 9.51. The molecule has 2 fully saturated rings. The minimum absolute atomic E-state index is 0.0230. The van der Waals surface area contributed by atoms with Crippen molar-refractivity contribution in [3.63, 3.8) is 0 Å². The Balaban J connectivity index is 1.30. The molecule has 4 N–H and O–H groups in total. The van der Waals surface area contributed by atoms with Crippen molar-refractivity contribution in [3.8, 4) is 23.0 Å². The summed E-state index contributed by atoms with van der Waals surface area (Å²) in [5, 5.41) is 27.8. The Morgan fingerprint density at radius 2 is 2.09 bits per heavy atom. The van der Waals surface area contributed by atoms with E-state index in [9.17, 15) is 15.0 Å². The number of amides is 1. The molecular formula is C25H28N2O5. The first-order chi connectivity index (χ1) is 15.5. The van der Waals surface area contributed by atoms with Crippen molar-refractivity contribution in [2.75, 3.05) is 13.7 Å². The van der Waals surface area contributed by atoms with Gasteiger partial charge in [0.25, 0.3) is 0 Å². The van der Waals surface area contributed by atoms with Crippen LogP contribution in [0.2, 0.25) is 0 Å². The smallest absolute Gasteiger partial charge is 0.224 e. The van der Waals surface area contributed by atoms with Crippen LogP contribution in [0.15, 0.2) is 30.3 Å². The van der Waals surface area contributed by atoms with Crippen LogP contribution in [0.4, 0.5) is 0 Å². The average Bonchev–Trinajstić information content (AvgIpc) is 3.10. The summed E-state index contributed by atoms with van der Waals surface area (Å²) in [6, 6.07) is 9.23. The van der Waals surface area contributed by atoms with Gasteiger partial charge < -0.3 is 30.3 Å². The first kappa shape index (κ1) is 19.7. The molecule has 2 aliphatic carbocycles. The van der Waals surface area contributed by atoms with E-state index in [-0.39, 0.29) is 41.0 Å². The fourth-order valence-electron chi connectivity index (χ4n) is 6.87. The Labute approximate surface area is 186 Å². The Hall–Kier alpha value is -2.93.